The van der Waals surface area contributed by atoms with Crippen LogP contribution in [0, 0.1) is 5.92 Å². The Kier molecular flexibility index (Phi) is 6.52. The lowest BCUT2D eigenvalue weighted by molar-refractivity contribution is -0.131. The van der Waals surface area contributed by atoms with Gasteiger partial charge < -0.3 is 16.0 Å². The van der Waals surface area contributed by atoms with E-state index in [0.29, 0.717) is 19.3 Å². The van der Waals surface area contributed by atoms with Crippen molar-refractivity contribution in [1.82, 2.24) is 16.0 Å². The molecule has 0 aromatic heterocycles. The number of rotatable bonds is 5. The fourth-order valence-electron chi connectivity index (χ4n) is 2.78. The van der Waals surface area contributed by atoms with Gasteiger partial charge in [-0.05, 0) is 33.1 Å². The van der Waals surface area contributed by atoms with Gasteiger partial charge in [0.05, 0.1) is 6.04 Å². The third-order valence-corrected chi connectivity index (χ3v) is 3.86. The van der Waals surface area contributed by atoms with Crippen LogP contribution < -0.4 is 16.0 Å². The van der Waals surface area contributed by atoms with E-state index in [1.807, 2.05) is 0 Å². The van der Waals surface area contributed by atoms with Gasteiger partial charge in [0.1, 0.15) is 0 Å². The summed E-state index contributed by atoms with van der Waals surface area (Å²) in [6, 6.07) is -0.856. The normalized spacial score (nSPS) is 25.7. The van der Waals surface area contributed by atoms with Crippen LogP contribution >= 0.6 is 0 Å². The number of Topliss-reactive ketones (excluding diaryl/α,β-unsaturated/α-hetero) is 1. The highest BCUT2D eigenvalue weighted by molar-refractivity contribution is 5.88. The third kappa shape index (κ3) is 5.83. The van der Waals surface area contributed by atoms with Gasteiger partial charge in [0.25, 0.3) is 0 Å². The van der Waals surface area contributed by atoms with Gasteiger partial charge in [-0.1, -0.05) is 0 Å². The zero-order valence-corrected chi connectivity index (χ0v) is 13.6. The molecule has 124 valence electrons. The van der Waals surface area contributed by atoms with E-state index >= 15 is 0 Å². The monoisotopic (exact) mass is 311 g/mol. The molecule has 1 aliphatic carbocycles. The number of hydrogen-bond acceptors (Lipinski definition) is 4. The van der Waals surface area contributed by atoms with Crippen LogP contribution in [0.25, 0.3) is 0 Å². The standard InChI is InChI=1S/C15H25N3O4/c1-8(9(2)19)16-15(22)12-5-13(17-10(3)20)7-14(6-12)18-11(4)21/h8,12-14H,5-7H2,1-4H3,(H,16,22)(H,17,20)(H,18,21). The fourth-order valence-corrected chi connectivity index (χ4v) is 2.78. The van der Waals surface area contributed by atoms with Crippen molar-refractivity contribution < 1.29 is 19.2 Å². The first kappa shape index (κ1) is 18.1. The second-order valence-electron chi connectivity index (χ2n) is 6.04. The van der Waals surface area contributed by atoms with Crippen molar-refractivity contribution in [3.63, 3.8) is 0 Å². The van der Waals surface area contributed by atoms with E-state index in [-0.39, 0.29) is 41.5 Å². The van der Waals surface area contributed by atoms with Crippen LogP contribution in [-0.4, -0.2) is 41.6 Å². The maximum Gasteiger partial charge on any atom is 0.223 e. The Balaban J connectivity index is 2.73. The highest BCUT2D eigenvalue weighted by atomic mass is 16.2. The van der Waals surface area contributed by atoms with Gasteiger partial charge in [0.2, 0.25) is 17.7 Å². The van der Waals surface area contributed by atoms with Crippen LogP contribution in [0.4, 0.5) is 0 Å². The molecular weight excluding hydrogens is 286 g/mol. The summed E-state index contributed by atoms with van der Waals surface area (Å²) in [5, 5.41) is 8.30. The van der Waals surface area contributed by atoms with Gasteiger partial charge in [0.15, 0.2) is 5.78 Å². The number of ketones is 1. The molecule has 0 radical (unpaired) electrons. The first-order chi connectivity index (χ1) is 10.2. The molecule has 3 N–H and O–H groups in total. The summed E-state index contributed by atoms with van der Waals surface area (Å²) in [7, 11) is 0. The number of nitrogens with one attached hydrogen (secondary N) is 3. The Labute approximate surface area is 130 Å². The second-order valence-corrected chi connectivity index (χ2v) is 6.04. The molecule has 0 heterocycles. The molecule has 0 aliphatic heterocycles. The van der Waals surface area contributed by atoms with E-state index in [9.17, 15) is 19.2 Å². The van der Waals surface area contributed by atoms with Crippen LogP contribution in [0.2, 0.25) is 0 Å². The van der Waals surface area contributed by atoms with Gasteiger partial charge in [0, 0.05) is 31.8 Å². The number of amides is 3. The van der Waals surface area contributed by atoms with Crippen LogP contribution in [0.3, 0.4) is 0 Å². The Morgan fingerprint density at radius 1 is 0.864 bits per heavy atom. The topological polar surface area (TPSA) is 104 Å². The largest absolute Gasteiger partial charge is 0.354 e. The van der Waals surface area contributed by atoms with Gasteiger partial charge in [-0.25, -0.2) is 0 Å². The SMILES string of the molecule is CC(=O)NC1CC(NC(C)=O)CC(C(=O)NC(C)C(C)=O)C1. The predicted molar refractivity (Wildman–Crippen MR) is 80.8 cm³/mol. The molecule has 22 heavy (non-hydrogen) atoms. The molecule has 0 aromatic rings. The van der Waals surface area contributed by atoms with Crippen LogP contribution in [0.15, 0.2) is 0 Å². The summed E-state index contributed by atoms with van der Waals surface area (Å²) >= 11 is 0. The average molecular weight is 311 g/mol. The number of hydrogen-bond donors (Lipinski definition) is 3. The Morgan fingerprint density at radius 2 is 1.32 bits per heavy atom. The predicted octanol–water partition coefficient (Wildman–Crippen LogP) is -0.110. The quantitative estimate of drug-likeness (QED) is 0.659. The molecule has 3 amide bonds. The summed E-state index contributed by atoms with van der Waals surface area (Å²) in [6.45, 7) is 5.91. The van der Waals surface area contributed by atoms with Gasteiger partial charge >= 0.3 is 0 Å². The first-order valence-corrected chi connectivity index (χ1v) is 7.54. The smallest absolute Gasteiger partial charge is 0.223 e. The Hall–Kier alpha value is -1.92. The lowest BCUT2D eigenvalue weighted by atomic mass is 9.81. The van der Waals surface area contributed by atoms with Crippen molar-refractivity contribution in [2.45, 2.75) is 65.1 Å². The molecule has 1 fully saturated rings. The molecule has 3 atom stereocenters. The van der Waals surface area contributed by atoms with Crippen molar-refractivity contribution in [2.24, 2.45) is 5.92 Å². The summed E-state index contributed by atoms with van der Waals surface area (Å²) < 4.78 is 0. The first-order valence-electron chi connectivity index (χ1n) is 7.54. The second kappa shape index (κ2) is 7.91. The van der Waals surface area contributed by atoms with E-state index < -0.39 is 6.04 Å². The van der Waals surface area contributed by atoms with E-state index in [2.05, 4.69) is 16.0 Å². The lowest BCUT2D eigenvalue weighted by Crippen LogP contribution is -2.51. The van der Waals surface area contributed by atoms with Crippen molar-refractivity contribution in [2.75, 3.05) is 0 Å². The van der Waals surface area contributed by atoms with E-state index in [0.717, 1.165) is 0 Å². The van der Waals surface area contributed by atoms with Crippen LogP contribution in [0.5, 0.6) is 0 Å². The summed E-state index contributed by atoms with van der Waals surface area (Å²) in [5.74, 6) is -0.993. The fraction of sp³-hybridized carbons (Fsp3) is 0.733. The molecule has 0 saturated heterocycles. The van der Waals surface area contributed by atoms with Crippen molar-refractivity contribution in [3.05, 3.63) is 0 Å². The van der Waals surface area contributed by atoms with Crippen molar-refractivity contribution >= 4 is 23.5 Å². The highest BCUT2D eigenvalue weighted by Crippen LogP contribution is 2.25. The van der Waals surface area contributed by atoms with Crippen molar-refractivity contribution in [3.8, 4) is 0 Å². The molecule has 3 unspecified atom stereocenters. The van der Waals surface area contributed by atoms with Crippen molar-refractivity contribution in [1.29, 1.82) is 0 Å². The Bertz CT molecular complexity index is 440. The Morgan fingerprint density at radius 3 is 1.68 bits per heavy atom. The van der Waals surface area contributed by atoms with Crippen LogP contribution in [0.1, 0.15) is 47.0 Å². The molecule has 0 bridgehead atoms. The maximum atomic E-state index is 12.3. The molecule has 1 rings (SSSR count). The van der Waals surface area contributed by atoms with Gasteiger partial charge in [-0.15, -0.1) is 0 Å². The molecule has 0 spiro atoms. The summed E-state index contributed by atoms with van der Waals surface area (Å²) in [5.41, 5.74) is 0. The molecule has 7 heteroatoms. The molecule has 1 saturated carbocycles. The van der Waals surface area contributed by atoms with Gasteiger partial charge in [-0.3, -0.25) is 19.2 Å². The molecule has 7 nitrogen and oxygen atoms in total. The third-order valence-electron chi connectivity index (χ3n) is 3.86. The lowest BCUT2D eigenvalue weighted by Gasteiger charge is -2.35. The zero-order valence-electron chi connectivity index (χ0n) is 13.6. The van der Waals surface area contributed by atoms with Crippen LogP contribution in [-0.2, 0) is 19.2 Å². The molecule has 1 aliphatic rings. The minimum atomic E-state index is -0.534. The van der Waals surface area contributed by atoms with Gasteiger partial charge in [-0.2, -0.15) is 0 Å². The molecular formula is C15H25N3O4. The minimum Gasteiger partial charge on any atom is -0.354 e. The maximum absolute atomic E-state index is 12.3. The minimum absolute atomic E-state index is 0.110. The summed E-state index contributed by atoms with van der Waals surface area (Å²) in [4.78, 5) is 46.0. The molecule has 0 aromatic carbocycles. The van der Waals surface area contributed by atoms with E-state index in [1.54, 1.807) is 6.92 Å². The average Bonchev–Trinajstić information content (AvgIpc) is 2.36. The summed E-state index contributed by atoms with van der Waals surface area (Å²) in [6.07, 6.45) is 1.61. The van der Waals surface area contributed by atoms with E-state index in [1.165, 1.54) is 20.8 Å². The zero-order chi connectivity index (χ0) is 16.9. The number of carbonyl (C=O) groups is 4. The number of carbonyl (C=O) groups excluding carboxylic acids is 4. The highest BCUT2D eigenvalue weighted by Gasteiger charge is 2.34. The van der Waals surface area contributed by atoms with E-state index in [4.69, 9.17) is 0 Å².